The zero-order valence-electron chi connectivity index (χ0n) is 13.7. The van der Waals surface area contributed by atoms with E-state index >= 15 is 0 Å². The molecule has 0 aromatic carbocycles. The Morgan fingerprint density at radius 2 is 1.95 bits per heavy atom. The lowest BCUT2D eigenvalue weighted by Gasteiger charge is -2.35. The van der Waals surface area contributed by atoms with Gasteiger partial charge in [0.05, 0.1) is 17.9 Å². The third-order valence-corrected chi connectivity index (χ3v) is 4.22. The van der Waals surface area contributed by atoms with Gasteiger partial charge in [0.25, 0.3) is 0 Å². The number of imidazole rings is 1. The predicted molar refractivity (Wildman–Crippen MR) is 83.1 cm³/mol. The van der Waals surface area contributed by atoms with E-state index in [4.69, 9.17) is 0 Å². The first kappa shape index (κ1) is 17.6. The van der Waals surface area contributed by atoms with Gasteiger partial charge in [-0.15, -0.1) is 0 Å². The second kappa shape index (κ2) is 7.50. The molecule has 1 aromatic rings. The largest absolute Gasteiger partial charge is 0.348 e. The lowest BCUT2D eigenvalue weighted by Crippen LogP contribution is -2.58. The highest BCUT2D eigenvalue weighted by Gasteiger charge is 2.36. The second-order valence-corrected chi connectivity index (χ2v) is 5.88. The number of hydrogen-bond donors (Lipinski definition) is 2. The number of aromatic nitrogens is 2. The zero-order chi connectivity index (χ0) is 16.0. The number of Topliss-reactive ketones (excluding diaryl/α,β-unsaturated/α-hetero) is 2. The smallest absolute Gasteiger partial charge is 0.152 e. The Labute approximate surface area is 126 Å². The van der Waals surface area contributed by atoms with Crippen molar-refractivity contribution in [2.75, 3.05) is 0 Å². The summed E-state index contributed by atoms with van der Waals surface area (Å²) in [6.45, 7) is 9.32. The van der Waals surface area contributed by atoms with Crippen LogP contribution in [0.5, 0.6) is 0 Å². The molecule has 21 heavy (non-hydrogen) atoms. The standard InChI is InChI=1S/C16H27N3O2/c1-6-16(7-2,12(5)20)19-14(15(21)11(3)4)8-13-9-17-10-18-13/h9-11,14,19H,6-8H2,1-5H3,(H,17,18)/t14-/m0/s1. The Morgan fingerprint density at radius 1 is 1.33 bits per heavy atom. The van der Waals surface area contributed by atoms with Gasteiger partial charge in [0.15, 0.2) is 5.78 Å². The number of nitrogens with one attached hydrogen (secondary N) is 2. The maximum absolute atomic E-state index is 12.5. The van der Waals surface area contributed by atoms with Gasteiger partial charge >= 0.3 is 0 Å². The predicted octanol–water partition coefficient (Wildman–Crippen LogP) is 2.28. The summed E-state index contributed by atoms with van der Waals surface area (Å²) in [4.78, 5) is 31.6. The van der Waals surface area contributed by atoms with E-state index in [1.165, 1.54) is 0 Å². The first-order valence-corrected chi connectivity index (χ1v) is 7.66. The topological polar surface area (TPSA) is 74.8 Å². The van der Waals surface area contributed by atoms with Crippen LogP contribution in [0, 0.1) is 5.92 Å². The van der Waals surface area contributed by atoms with Gasteiger partial charge in [-0.2, -0.15) is 0 Å². The maximum atomic E-state index is 12.5. The summed E-state index contributed by atoms with van der Waals surface area (Å²) in [5.41, 5.74) is 0.265. The maximum Gasteiger partial charge on any atom is 0.152 e. The van der Waals surface area contributed by atoms with Crippen molar-refractivity contribution < 1.29 is 9.59 Å². The normalized spacial score (nSPS) is 13.4. The number of carbonyl (C=O) groups excluding carboxylic acids is 2. The van der Waals surface area contributed by atoms with E-state index in [0.717, 1.165) is 5.69 Å². The Kier molecular flexibility index (Phi) is 6.27. The van der Waals surface area contributed by atoms with Gasteiger partial charge < -0.3 is 4.98 Å². The van der Waals surface area contributed by atoms with Gasteiger partial charge in [-0.05, 0) is 19.8 Å². The van der Waals surface area contributed by atoms with E-state index in [9.17, 15) is 9.59 Å². The Morgan fingerprint density at radius 3 is 2.33 bits per heavy atom. The van der Waals surface area contributed by atoms with Crippen LogP contribution in [0.15, 0.2) is 12.5 Å². The van der Waals surface area contributed by atoms with Crippen LogP contribution in [0.3, 0.4) is 0 Å². The second-order valence-electron chi connectivity index (χ2n) is 5.88. The molecule has 0 radical (unpaired) electrons. The molecule has 1 atom stereocenters. The average Bonchev–Trinajstić information content (AvgIpc) is 2.95. The number of aromatic amines is 1. The number of carbonyl (C=O) groups is 2. The van der Waals surface area contributed by atoms with E-state index < -0.39 is 5.54 Å². The summed E-state index contributed by atoms with van der Waals surface area (Å²) in [6, 6.07) is -0.380. The van der Waals surface area contributed by atoms with Crippen LogP contribution in [-0.2, 0) is 16.0 Å². The Bertz CT molecular complexity index is 462. The highest BCUT2D eigenvalue weighted by atomic mass is 16.1. The fourth-order valence-corrected chi connectivity index (χ4v) is 2.63. The van der Waals surface area contributed by atoms with E-state index in [0.29, 0.717) is 19.3 Å². The molecule has 118 valence electrons. The monoisotopic (exact) mass is 293 g/mol. The molecule has 0 bridgehead atoms. The molecule has 1 rings (SSSR count). The van der Waals surface area contributed by atoms with Crippen LogP contribution in [0.25, 0.3) is 0 Å². The fraction of sp³-hybridized carbons (Fsp3) is 0.688. The summed E-state index contributed by atoms with van der Waals surface area (Å²) in [5, 5.41) is 3.34. The molecule has 5 heteroatoms. The first-order valence-electron chi connectivity index (χ1n) is 7.66. The summed E-state index contributed by atoms with van der Waals surface area (Å²) in [5.74, 6) is 0.125. The first-order chi connectivity index (χ1) is 9.86. The van der Waals surface area contributed by atoms with E-state index in [-0.39, 0.29) is 23.5 Å². The van der Waals surface area contributed by atoms with Crippen LogP contribution in [0.2, 0.25) is 0 Å². The lowest BCUT2D eigenvalue weighted by molar-refractivity contribution is -0.127. The minimum atomic E-state index is -0.630. The van der Waals surface area contributed by atoms with Crippen molar-refractivity contribution >= 4 is 11.6 Å². The molecular formula is C16H27N3O2. The van der Waals surface area contributed by atoms with Crippen molar-refractivity contribution in [2.45, 2.75) is 65.5 Å². The number of ketones is 2. The van der Waals surface area contributed by atoms with Crippen LogP contribution < -0.4 is 5.32 Å². The molecule has 1 aromatic heterocycles. The minimum absolute atomic E-state index is 0.0798. The molecule has 0 spiro atoms. The Balaban J connectivity index is 3.00. The van der Waals surface area contributed by atoms with Gasteiger partial charge in [0.2, 0.25) is 0 Å². The van der Waals surface area contributed by atoms with Crippen molar-refractivity contribution in [1.29, 1.82) is 0 Å². The lowest BCUT2D eigenvalue weighted by atomic mass is 9.85. The third kappa shape index (κ3) is 4.24. The molecule has 0 saturated carbocycles. The molecule has 0 aliphatic rings. The van der Waals surface area contributed by atoms with Crippen LogP contribution in [0.4, 0.5) is 0 Å². The van der Waals surface area contributed by atoms with Gasteiger partial charge in [-0.3, -0.25) is 14.9 Å². The van der Waals surface area contributed by atoms with Crippen molar-refractivity contribution in [1.82, 2.24) is 15.3 Å². The minimum Gasteiger partial charge on any atom is -0.348 e. The summed E-state index contributed by atoms with van der Waals surface area (Å²) in [6.07, 6.45) is 5.18. The van der Waals surface area contributed by atoms with Crippen LogP contribution in [-0.4, -0.2) is 33.1 Å². The summed E-state index contributed by atoms with van der Waals surface area (Å²) >= 11 is 0. The number of nitrogens with zero attached hydrogens (tertiary/aromatic N) is 1. The Hall–Kier alpha value is -1.49. The van der Waals surface area contributed by atoms with E-state index in [2.05, 4.69) is 15.3 Å². The highest BCUT2D eigenvalue weighted by molar-refractivity contribution is 5.89. The fourth-order valence-electron chi connectivity index (χ4n) is 2.63. The van der Waals surface area contributed by atoms with Gasteiger partial charge in [-0.25, -0.2) is 4.98 Å². The molecule has 0 unspecified atom stereocenters. The number of hydrogen-bond acceptors (Lipinski definition) is 4. The molecule has 0 aliphatic carbocycles. The van der Waals surface area contributed by atoms with E-state index in [1.807, 2.05) is 27.7 Å². The van der Waals surface area contributed by atoms with Crippen molar-refractivity contribution in [3.05, 3.63) is 18.2 Å². The number of rotatable bonds is 9. The van der Waals surface area contributed by atoms with E-state index in [1.54, 1.807) is 19.4 Å². The third-order valence-electron chi connectivity index (χ3n) is 4.22. The van der Waals surface area contributed by atoms with Crippen LogP contribution in [0.1, 0.15) is 53.2 Å². The number of H-pyrrole nitrogens is 1. The van der Waals surface area contributed by atoms with Gasteiger partial charge in [0, 0.05) is 24.2 Å². The van der Waals surface area contributed by atoms with Crippen LogP contribution >= 0.6 is 0 Å². The molecule has 0 saturated heterocycles. The zero-order valence-corrected chi connectivity index (χ0v) is 13.7. The molecule has 0 amide bonds. The molecular weight excluding hydrogens is 266 g/mol. The highest BCUT2D eigenvalue weighted by Crippen LogP contribution is 2.19. The van der Waals surface area contributed by atoms with Crippen molar-refractivity contribution in [3.8, 4) is 0 Å². The molecule has 0 aliphatic heterocycles. The quantitative estimate of drug-likeness (QED) is 0.732. The van der Waals surface area contributed by atoms with Crippen molar-refractivity contribution in [2.24, 2.45) is 5.92 Å². The summed E-state index contributed by atoms with van der Waals surface area (Å²) in [7, 11) is 0. The molecule has 2 N–H and O–H groups in total. The summed E-state index contributed by atoms with van der Waals surface area (Å²) < 4.78 is 0. The SMILES string of the molecule is CCC(CC)(N[C@@H](Cc1cnc[nH]1)C(=O)C(C)C)C(C)=O. The molecule has 0 fully saturated rings. The van der Waals surface area contributed by atoms with Gasteiger partial charge in [0.1, 0.15) is 5.78 Å². The molecule has 5 nitrogen and oxygen atoms in total. The van der Waals surface area contributed by atoms with Gasteiger partial charge in [-0.1, -0.05) is 27.7 Å². The molecule has 1 heterocycles. The average molecular weight is 293 g/mol. The van der Waals surface area contributed by atoms with Crippen molar-refractivity contribution in [3.63, 3.8) is 0 Å².